The Morgan fingerprint density at radius 2 is 2.06 bits per heavy atom. The van der Waals surface area contributed by atoms with E-state index in [2.05, 4.69) is 5.43 Å². The fourth-order valence-corrected chi connectivity index (χ4v) is 2.01. The van der Waals surface area contributed by atoms with Gasteiger partial charge in [0.05, 0.1) is 11.1 Å². The number of nitrogens with one attached hydrogen (secondary N) is 1. The minimum Gasteiger partial charge on any atom is -0.448 e. The van der Waals surface area contributed by atoms with E-state index in [1.54, 1.807) is 24.3 Å². The summed E-state index contributed by atoms with van der Waals surface area (Å²) in [6.45, 7) is 0. The van der Waals surface area contributed by atoms with E-state index in [0.29, 0.717) is 17.4 Å². The monoisotopic (exact) mass is 288 g/mol. The molecule has 1 aromatic carbocycles. The average molecular weight is 289 g/mol. The van der Waals surface area contributed by atoms with E-state index in [1.807, 2.05) is 0 Å². The number of furan rings is 1. The SMILES string of the molecule is NNC(Cc1ccc(F)c(Cl)c1)c1ccc(Cl)o1. The van der Waals surface area contributed by atoms with Crippen molar-refractivity contribution in [3.05, 3.63) is 57.7 Å². The zero-order valence-electron chi connectivity index (χ0n) is 9.29. The summed E-state index contributed by atoms with van der Waals surface area (Å²) in [4.78, 5) is 0. The molecule has 3 N–H and O–H groups in total. The van der Waals surface area contributed by atoms with Crippen LogP contribution in [0.3, 0.4) is 0 Å². The van der Waals surface area contributed by atoms with Gasteiger partial charge in [-0.25, -0.2) is 9.82 Å². The summed E-state index contributed by atoms with van der Waals surface area (Å²) in [6, 6.07) is 7.65. The van der Waals surface area contributed by atoms with Gasteiger partial charge in [0.1, 0.15) is 11.6 Å². The first kappa shape index (κ1) is 13.4. The zero-order chi connectivity index (χ0) is 13.1. The molecule has 0 aliphatic rings. The van der Waals surface area contributed by atoms with Crippen LogP contribution in [0.1, 0.15) is 17.4 Å². The Bertz CT molecular complexity index is 545. The number of nitrogens with two attached hydrogens (primary N) is 1. The van der Waals surface area contributed by atoms with Crippen LogP contribution in [-0.4, -0.2) is 0 Å². The summed E-state index contributed by atoms with van der Waals surface area (Å²) < 4.78 is 18.3. The van der Waals surface area contributed by atoms with E-state index in [1.165, 1.54) is 6.07 Å². The van der Waals surface area contributed by atoms with Gasteiger partial charge in [-0.15, -0.1) is 0 Å². The number of rotatable bonds is 4. The van der Waals surface area contributed by atoms with E-state index in [4.69, 9.17) is 33.5 Å². The second-order valence-electron chi connectivity index (χ2n) is 3.81. The first-order valence-corrected chi connectivity index (χ1v) is 6.01. The molecule has 0 amide bonds. The third-order valence-electron chi connectivity index (χ3n) is 2.56. The molecule has 2 aromatic rings. The quantitative estimate of drug-likeness (QED) is 0.669. The minimum atomic E-state index is -0.446. The molecule has 0 aliphatic carbocycles. The molecule has 0 aliphatic heterocycles. The van der Waals surface area contributed by atoms with Crippen molar-refractivity contribution in [1.82, 2.24) is 5.43 Å². The number of benzene rings is 1. The van der Waals surface area contributed by atoms with Crippen molar-refractivity contribution in [3.8, 4) is 0 Å². The highest BCUT2D eigenvalue weighted by Crippen LogP contribution is 2.24. The second kappa shape index (κ2) is 5.71. The van der Waals surface area contributed by atoms with Crippen LogP contribution in [0.25, 0.3) is 0 Å². The molecule has 1 atom stereocenters. The summed E-state index contributed by atoms with van der Waals surface area (Å²) in [5, 5.41) is 0.378. The molecule has 0 radical (unpaired) electrons. The van der Waals surface area contributed by atoms with E-state index in [9.17, 15) is 4.39 Å². The molecule has 1 unspecified atom stereocenters. The van der Waals surface area contributed by atoms with Gasteiger partial charge in [-0.05, 0) is 47.9 Å². The maximum absolute atomic E-state index is 13.0. The molecule has 96 valence electrons. The maximum Gasteiger partial charge on any atom is 0.193 e. The molecular formula is C12H11Cl2FN2O. The Morgan fingerprint density at radius 1 is 1.28 bits per heavy atom. The molecule has 1 heterocycles. The number of halogens is 3. The zero-order valence-corrected chi connectivity index (χ0v) is 10.8. The van der Waals surface area contributed by atoms with Crippen LogP contribution in [0, 0.1) is 5.82 Å². The van der Waals surface area contributed by atoms with Gasteiger partial charge in [0.2, 0.25) is 0 Å². The van der Waals surface area contributed by atoms with Gasteiger partial charge in [0, 0.05) is 0 Å². The van der Waals surface area contributed by atoms with Crippen molar-refractivity contribution in [2.75, 3.05) is 0 Å². The van der Waals surface area contributed by atoms with Crippen molar-refractivity contribution in [2.45, 2.75) is 12.5 Å². The number of hydrogen-bond donors (Lipinski definition) is 2. The molecule has 2 rings (SSSR count). The van der Waals surface area contributed by atoms with Gasteiger partial charge in [-0.1, -0.05) is 17.7 Å². The first-order valence-electron chi connectivity index (χ1n) is 5.25. The predicted molar refractivity (Wildman–Crippen MR) is 68.9 cm³/mol. The Hall–Kier alpha value is -1.07. The molecule has 18 heavy (non-hydrogen) atoms. The molecule has 0 spiro atoms. The van der Waals surface area contributed by atoms with Crippen molar-refractivity contribution in [3.63, 3.8) is 0 Å². The Kier molecular flexibility index (Phi) is 4.24. The first-order chi connectivity index (χ1) is 8.60. The van der Waals surface area contributed by atoms with E-state index >= 15 is 0 Å². The average Bonchev–Trinajstić information content (AvgIpc) is 2.77. The van der Waals surface area contributed by atoms with Gasteiger partial charge in [-0.2, -0.15) is 0 Å². The van der Waals surface area contributed by atoms with Crippen molar-refractivity contribution in [1.29, 1.82) is 0 Å². The maximum atomic E-state index is 13.0. The normalized spacial score (nSPS) is 12.7. The van der Waals surface area contributed by atoms with Crippen molar-refractivity contribution < 1.29 is 8.81 Å². The highest BCUT2D eigenvalue weighted by atomic mass is 35.5. The van der Waals surface area contributed by atoms with Crippen LogP contribution in [0.4, 0.5) is 4.39 Å². The number of hydrazine groups is 1. The van der Waals surface area contributed by atoms with Gasteiger partial charge in [0.25, 0.3) is 0 Å². The van der Waals surface area contributed by atoms with E-state index < -0.39 is 5.82 Å². The van der Waals surface area contributed by atoms with E-state index in [-0.39, 0.29) is 11.1 Å². The van der Waals surface area contributed by atoms with Crippen LogP contribution in [0.2, 0.25) is 10.2 Å². The van der Waals surface area contributed by atoms with Gasteiger partial charge < -0.3 is 4.42 Å². The third-order valence-corrected chi connectivity index (χ3v) is 3.06. The molecule has 3 nitrogen and oxygen atoms in total. The van der Waals surface area contributed by atoms with Crippen LogP contribution in [0.5, 0.6) is 0 Å². The molecule has 0 saturated heterocycles. The Morgan fingerprint density at radius 3 is 2.61 bits per heavy atom. The van der Waals surface area contributed by atoms with Crippen molar-refractivity contribution in [2.24, 2.45) is 5.84 Å². The molecule has 0 fully saturated rings. The molecular weight excluding hydrogens is 278 g/mol. The standard InChI is InChI=1S/C12H11Cl2FN2O/c13-8-5-7(1-2-9(8)15)6-10(17-16)11-3-4-12(14)18-11/h1-5,10,17H,6,16H2. The summed E-state index contributed by atoms with van der Waals surface area (Å²) in [6.07, 6.45) is 0.514. The number of hydrogen-bond acceptors (Lipinski definition) is 3. The fourth-order valence-electron chi connectivity index (χ4n) is 1.66. The summed E-state index contributed by atoms with van der Waals surface area (Å²) in [5.74, 6) is 5.64. The summed E-state index contributed by atoms with van der Waals surface area (Å²) >= 11 is 11.4. The topological polar surface area (TPSA) is 51.2 Å². The molecule has 0 bridgehead atoms. The smallest absolute Gasteiger partial charge is 0.193 e. The lowest BCUT2D eigenvalue weighted by atomic mass is 10.0. The summed E-state index contributed by atoms with van der Waals surface area (Å²) in [5.41, 5.74) is 3.47. The van der Waals surface area contributed by atoms with Gasteiger partial charge in [0.15, 0.2) is 5.22 Å². The molecule has 0 saturated carbocycles. The van der Waals surface area contributed by atoms with Crippen LogP contribution < -0.4 is 11.3 Å². The lowest BCUT2D eigenvalue weighted by Crippen LogP contribution is -2.29. The summed E-state index contributed by atoms with van der Waals surface area (Å²) in [7, 11) is 0. The van der Waals surface area contributed by atoms with Crippen molar-refractivity contribution >= 4 is 23.2 Å². The Labute approximate surface area is 114 Å². The van der Waals surface area contributed by atoms with Gasteiger partial charge in [-0.3, -0.25) is 5.84 Å². The fraction of sp³-hybridized carbons (Fsp3) is 0.167. The highest BCUT2D eigenvalue weighted by Gasteiger charge is 2.15. The van der Waals surface area contributed by atoms with Crippen LogP contribution in [0.15, 0.2) is 34.7 Å². The molecule has 1 aromatic heterocycles. The largest absolute Gasteiger partial charge is 0.448 e. The van der Waals surface area contributed by atoms with E-state index in [0.717, 1.165) is 5.56 Å². The molecule has 6 heteroatoms. The third kappa shape index (κ3) is 3.03. The minimum absolute atomic E-state index is 0.0840. The predicted octanol–water partition coefficient (Wildman–Crippen LogP) is 3.47. The van der Waals surface area contributed by atoms with Crippen LogP contribution in [-0.2, 0) is 6.42 Å². The van der Waals surface area contributed by atoms with Crippen LogP contribution >= 0.6 is 23.2 Å². The lowest BCUT2D eigenvalue weighted by molar-refractivity contribution is 0.417. The Balaban J connectivity index is 2.17. The van der Waals surface area contributed by atoms with Gasteiger partial charge >= 0.3 is 0 Å². The highest BCUT2D eigenvalue weighted by molar-refractivity contribution is 6.30. The lowest BCUT2D eigenvalue weighted by Gasteiger charge is -2.13. The second-order valence-corrected chi connectivity index (χ2v) is 4.59.